The van der Waals surface area contributed by atoms with Gasteiger partial charge in [0.1, 0.15) is 17.7 Å². The van der Waals surface area contributed by atoms with Crippen LogP contribution in [0.2, 0.25) is 0 Å². The molecule has 1 aromatic rings. The Balaban J connectivity index is 2.66. The molecule has 0 fully saturated rings. The number of nitrogens with zero attached hydrogens (tertiary/aromatic N) is 2. The standard InChI is InChI=1S/C10H11N3O2/c1-2-3-4-5-12-9-8(10(14)15)6-11-7-13-9/h6-7H,4-5H2,1H3,(H,14,15)(H,11,12,13). The first-order chi connectivity index (χ1) is 7.25. The highest BCUT2D eigenvalue weighted by Gasteiger charge is 2.09. The zero-order valence-corrected chi connectivity index (χ0v) is 8.32. The molecule has 0 aromatic carbocycles. The van der Waals surface area contributed by atoms with E-state index in [2.05, 4.69) is 27.1 Å². The molecule has 0 spiro atoms. The lowest BCUT2D eigenvalue weighted by molar-refractivity contribution is 0.0697. The van der Waals surface area contributed by atoms with Gasteiger partial charge in [-0.2, -0.15) is 0 Å². The normalized spacial score (nSPS) is 8.87. The highest BCUT2D eigenvalue weighted by atomic mass is 16.4. The first-order valence-corrected chi connectivity index (χ1v) is 4.42. The smallest absolute Gasteiger partial charge is 0.341 e. The zero-order valence-electron chi connectivity index (χ0n) is 8.32. The molecule has 5 nitrogen and oxygen atoms in total. The van der Waals surface area contributed by atoms with Crippen molar-refractivity contribution in [3.63, 3.8) is 0 Å². The van der Waals surface area contributed by atoms with Gasteiger partial charge in [0.05, 0.1) is 0 Å². The van der Waals surface area contributed by atoms with Crippen molar-refractivity contribution in [2.45, 2.75) is 13.3 Å². The maximum Gasteiger partial charge on any atom is 0.341 e. The van der Waals surface area contributed by atoms with E-state index in [0.29, 0.717) is 18.8 Å². The molecule has 2 N–H and O–H groups in total. The molecule has 1 aromatic heterocycles. The van der Waals surface area contributed by atoms with Crippen molar-refractivity contribution in [3.05, 3.63) is 18.1 Å². The van der Waals surface area contributed by atoms with Gasteiger partial charge in [0.15, 0.2) is 0 Å². The topological polar surface area (TPSA) is 75.1 Å². The summed E-state index contributed by atoms with van der Waals surface area (Å²) in [5, 5.41) is 11.7. The summed E-state index contributed by atoms with van der Waals surface area (Å²) in [5.74, 6) is 4.90. The van der Waals surface area contributed by atoms with Crippen LogP contribution in [0.1, 0.15) is 23.7 Å². The Morgan fingerprint density at radius 1 is 1.67 bits per heavy atom. The van der Waals surface area contributed by atoms with E-state index in [0.717, 1.165) is 0 Å². The second kappa shape index (κ2) is 5.60. The third-order valence-electron chi connectivity index (χ3n) is 1.66. The van der Waals surface area contributed by atoms with Gasteiger partial charge in [-0.3, -0.25) is 0 Å². The summed E-state index contributed by atoms with van der Waals surface area (Å²) in [4.78, 5) is 18.3. The van der Waals surface area contributed by atoms with E-state index < -0.39 is 5.97 Å². The first kappa shape index (κ1) is 11.0. The van der Waals surface area contributed by atoms with Crippen molar-refractivity contribution in [2.24, 2.45) is 0 Å². The fourth-order valence-electron chi connectivity index (χ4n) is 0.995. The maximum atomic E-state index is 10.8. The first-order valence-electron chi connectivity index (χ1n) is 4.42. The van der Waals surface area contributed by atoms with Gasteiger partial charge in [0.25, 0.3) is 0 Å². The second-order valence-electron chi connectivity index (χ2n) is 2.69. The molecule has 0 amide bonds. The number of anilines is 1. The minimum atomic E-state index is -1.04. The summed E-state index contributed by atoms with van der Waals surface area (Å²) in [6, 6.07) is 0. The molecule has 0 aliphatic carbocycles. The van der Waals surface area contributed by atoms with E-state index in [4.69, 9.17) is 5.11 Å². The third kappa shape index (κ3) is 3.27. The van der Waals surface area contributed by atoms with Crippen LogP contribution < -0.4 is 5.32 Å². The van der Waals surface area contributed by atoms with Crippen LogP contribution in [-0.2, 0) is 0 Å². The van der Waals surface area contributed by atoms with Crippen molar-refractivity contribution < 1.29 is 9.90 Å². The van der Waals surface area contributed by atoms with Crippen molar-refractivity contribution in [1.29, 1.82) is 0 Å². The molecule has 0 saturated carbocycles. The molecule has 0 aliphatic rings. The van der Waals surface area contributed by atoms with E-state index in [-0.39, 0.29) is 5.56 Å². The summed E-state index contributed by atoms with van der Waals surface area (Å²) >= 11 is 0. The summed E-state index contributed by atoms with van der Waals surface area (Å²) < 4.78 is 0. The highest BCUT2D eigenvalue weighted by molar-refractivity contribution is 5.92. The predicted octanol–water partition coefficient (Wildman–Crippen LogP) is 1.00. The second-order valence-corrected chi connectivity index (χ2v) is 2.69. The largest absolute Gasteiger partial charge is 0.477 e. The average molecular weight is 205 g/mol. The zero-order chi connectivity index (χ0) is 11.1. The van der Waals surface area contributed by atoms with Crippen molar-refractivity contribution in [3.8, 4) is 11.8 Å². The van der Waals surface area contributed by atoms with E-state index >= 15 is 0 Å². The summed E-state index contributed by atoms with van der Waals surface area (Å²) in [5.41, 5.74) is 0.0713. The number of carboxylic acid groups (broad SMARTS) is 1. The van der Waals surface area contributed by atoms with Gasteiger partial charge in [0.2, 0.25) is 0 Å². The number of nitrogens with one attached hydrogen (secondary N) is 1. The highest BCUT2D eigenvalue weighted by Crippen LogP contribution is 2.09. The van der Waals surface area contributed by atoms with Gasteiger partial charge in [-0.25, -0.2) is 14.8 Å². The SMILES string of the molecule is CC#CCCNc1ncncc1C(=O)O. The van der Waals surface area contributed by atoms with Crippen molar-refractivity contribution in [2.75, 3.05) is 11.9 Å². The molecule has 0 radical (unpaired) electrons. The lowest BCUT2D eigenvalue weighted by atomic mass is 10.3. The van der Waals surface area contributed by atoms with Crippen LogP contribution in [0, 0.1) is 11.8 Å². The summed E-state index contributed by atoms with van der Waals surface area (Å²) in [6.07, 6.45) is 3.23. The summed E-state index contributed by atoms with van der Waals surface area (Å²) in [7, 11) is 0. The Morgan fingerprint density at radius 2 is 2.47 bits per heavy atom. The summed E-state index contributed by atoms with van der Waals surface area (Å²) in [6.45, 7) is 2.32. The molecular weight excluding hydrogens is 194 g/mol. The average Bonchev–Trinajstić information content (AvgIpc) is 2.25. The fourth-order valence-corrected chi connectivity index (χ4v) is 0.995. The lowest BCUT2D eigenvalue weighted by Gasteiger charge is -2.05. The number of carbonyl (C=O) groups is 1. The molecule has 5 heteroatoms. The maximum absolute atomic E-state index is 10.8. The van der Waals surface area contributed by atoms with Crippen LogP contribution in [0.25, 0.3) is 0 Å². The third-order valence-corrected chi connectivity index (χ3v) is 1.66. The van der Waals surface area contributed by atoms with Gasteiger partial charge >= 0.3 is 5.97 Å². The fraction of sp³-hybridized carbons (Fsp3) is 0.300. The number of hydrogen-bond donors (Lipinski definition) is 2. The molecule has 0 atom stereocenters. The van der Waals surface area contributed by atoms with Crippen LogP contribution >= 0.6 is 0 Å². The van der Waals surface area contributed by atoms with Gasteiger partial charge in [0, 0.05) is 19.2 Å². The van der Waals surface area contributed by atoms with Crippen LogP contribution in [-0.4, -0.2) is 27.6 Å². The van der Waals surface area contributed by atoms with Crippen LogP contribution in [0.3, 0.4) is 0 Å². The van der Waals surface area contributed by atoms with Crippen LogP contribution in [0.4, 0.5) is 5.82 Å². The van der Waals surface area contributed by atoms with Crippen LogP contribution in [0.15, 0.2) is 12.5 Å². The minimum Gasteiger partial charge on any atom is -0.477 e. The Hall–Kier alpha value is -2.09. The van der Waals surface area contributed by atoms with Gasteiger partial charge < -0.3 is 10.4 Å². The molecule has 15 heavy (non-hydrogen) atoms. The Morgan fingerprint density at radius 3 is 3.13 bits per heavy atom. The molecule has 0 bridgehead atoms. The minimum absolute atomic E-state index is 0.0713. The van der Waals surface area contributed by atoms with E-state index in [9.17, 15) is 4.79 Å². The molecule has 0 unspecified atom stereocenters. The Bertz CT molecular complexity index is 407. The monoisotopic (exact) mass is 205 g/mol. The lowest BCUT2D eigenvalue weighted by Crippen LogP contribution is -2.09. The van der Waals surface area contributed by atoms with E-state index in [1.807, 2.05) is 0 Å². The predicted molar refractivity (Wildman–Crippen MR) is 55.5 cm³/mol. The molecule has 0 saturated heterocycles. The van der Waals surface area contributed by atoms with E-state index in [1.165, 1.54) is 12.5 Å². The Labute approximate surface area is 87.6 Å². The van der Waals surface area contributed by atoms with Gasteiger partial charge in [-0.1, -0.05) is 0 Å². The van der Waals surface area contributed by atoms with Crippen LogP contribution in [0.5, 0.6) is 0 Å². The van der Waals surface area contributed by atoms with E-state index in [1.54, 1.807) is 6.92 Å². The number of aromatic carboxylic acids is 1. The Kier molecular flexibility index (Phi) is 4.10. The number of rotatable bonds is 4. The molecule has 1 heterocycles. The van der Waals surface area contributed by atoms with Gasteiger partial charge in [-0.05, 0) is 6.92 Å². The molecular formula is C10H11N3O2. The van der Waals surface area contributed by atoms with Crippen molar-refractivity contribution >= 4 is 11.8 Å². The quantitative estimate of drug-likeness (QED) is 0.566. The number of carboxylic acids is 1. The molecule has 1 rings (SSSR count). The molecule has 78 valence electrons. The number of hydrogen-bond acceptors (Lipinski definition) is 4. The number of aromatic nitrogens is 2. The molecule has 0 aliphatic heterocycles. The van der Waals surface area contributed by atoms with Crippen molar-refractivity contribution in [1.82, 2.24) is 9.97 Å². The van der Waals surface area contributed by atoms with Gasteiger partial charge in [-0.15, -0.1) is 11.8 Å².